The van der Waals surface area contributed by atoms with Crippen molar-refractivity contribution in [1.29, 1.82) is 0 Å². The van der Waals surface area contributed by atoms with E-state index >= 15 is 0 Å². The van der Waals surface area contributed by atoms with Gasteiger partial charge in [-0.15, -0.1) is 0 Å². The number of rotatable bonds is 6. The number of nitrogens with one attached hydrogen (secondary N) is 1. The van der Waals surface area contributed by atoms with Gasteiger partial charge in [-0.3, -0.25) is 4.90 Å². The number of ether oxygens (including phenoxy) is 2. The van der Waals surface area contributed by atoms with Gasteiger partial charge in [-0.2, -0.15) is 0 Å². The molecule has 2 rings (SSSR count). The average molecular weight is 280 g/mol. The Hall–Kier alpha value is -1.30. The molecule has 0 saturated carbocycles. The minimum absolute atomic E-state index is 0.113. The Morgan fingerprint density at radius 3 is 2.80 bits per heavy atom. The maximum atomic E-state index is 9.99. The highest BCUT2D eigenvalue weighted by molar-refractivity contribution is 5.41. The lowest BCUT2D eigenvalue weighted by Gasteiger charge is -2.27. The second kappa shape index (κ2) is 7.47. The van der Waals surface area contributed by atoms with Crippen LogP contribution in [0.15, 0.2) is 18.2 Å². The van der Waals surface area contributed by atoms with E-state index in [2.05, 4.69) is 17.1 Å². The van der Waals surface area contributed by atoms with E-state index in [1.807, 2.05) is 12.1 Å². The van der Waals surface area contributed by atoms with Gasteiger partial charge in [-0.1, -0.05) is 6.07 Å². The topological polar surface area (TPSA) is 54.0 Å². The number of benzene rings is 1. The molecule has 5 nitrogen and oxygen atoms in total. The van der Waals surface area contributed by atoms with Crippen molar-refractivity contribution in [3.05, 3.63) is 23.8 Å². The zero-order valence-electron chi connectivity index (χ0n) is 12.3. The monoisotopic (exact) mass is 280 g/mol. The van der Waals surface area contributed by atoms with Crippen molar-refractivity contribution in [2.24, 2.45) is 0 Å². The molecular weight excluding hydrogens is 256 g/mol. The van der Waals surface area contributed by atoms with E-state index in [4.69, 9.17) is 9.47 Å². The Morgan fingerprint density at radius 2 is 2.15 bits per heavy atom. The molecule has 5 heteroatoms. The third kappa shape index (κ3) is 4.10. The maximum absolute atomic E-state index is 9.99. The van der Waals surface area contributed by atoms with E-state index in [0.717, 1.165) is 45.0 Å². The molecule has 1 atom stereocenters. The van der Waals surface area contributed by atoms with Crippen LogP contribution in [0.4, 0.5) is 0 Å². The van der Waals surface area contributed by atoms with Crippen molar-refractivity contribution >= 4 is 0 Å². The molecule has 1 aromatic carbocycles. The van der Waals surface area contributed by atoms with Gasteiger partial charge in [0.1, 0.15) is 11.5 Å². The summed E-state index contributed by atoms with van der Waals surface area (Å²) in [6, 6.07) is 5.53. The fourth-order valence-electron chi connectivity index (χ4n) is 2.39. The van der Waals surface area contributed by atoms with Crippen LogP contribution in [-0.2, 0) is 4.74 Å². The van der Waals surface area contributed by atoms with Gasteiger partial charge in [-0.25, -0.2) is 0 Å². The highest BCUT2D eigenvalue weighted by Crippen LogP contribution is 2.28. The van der Waals surface area contributed by atoms with Crippen molar-refractivity contribution in [3.63, 3.8) is 0 Å². The molecule has 1 saturated heterocycles. The van der Waals surface area contributed by atoms with Crippen LogP contribution < -0.4 is 10.1 Å². The number of phenols is 1. The molecule has 0 spiro atoms. The summed E-state index contributed by atoms with van der Waals surface area (Å²) in [6.45, 7) is 7.62. The Kier molecular flexibility index (Phi) is 5.64. The number of phenolic OH excluding ortho intramolecular Hbond substituents is 1. The molecule has 20 heavy (non-hydrogen) atoms. The Balaban J connectivity index is 1.80. The Bertz CT molecular complexity index is 420. The van der Waals surface area contributed by atoms with Gasteiger partial charge in [0.25, 0.3) is 0 Å². The summed E-state index contributed by atoms with van der Waals surface area (Å²) in [5.41, 5.74) is 0.896. The molecule has 2 N–H and O–H groups in total. The molecule has 1 aliphatic rings. The lowest BCUT2D eigenvalue weighted by molar-refractivity contribution is 0.0382. The number of methoxy groups -OCH3 is 1. The van der Waals surface area contributed by atoms with Gasteiger partial charge in [-0.05, 0) is 13.0 Å². The fourth-order valence-corrected chi connectivity index (χ4v) is 2.39. The molecule has 0 aliphatic carbocycles. The summed E-state index contributed by atoms with van der Waals surface area (Å²) >= 11 is 0. The normalized spacial score (nSPS) is 17.9. The lowest BCUT2D eigenvalue weighted by Crippen LogP contribution is -2.40. The minimum Gasteiger partial charge on any atom is -0.507 e. The molecule has 0 aromatic heterocycles. The van der Waals surface area contributed by atoms with Gasteiger partial charge < -0.3 is 19.9 Å². The highest BCUT2D eigenvalue weighted by Gasteiger charge is 2.13. The Labute approximate surface area is 120 Å². The van der Waals surface area contributed by atoms with Crippen LogP contribution in [0.3, 0.4) is 0 Å². The van der Waals surface area contributed by atoms with Gasteiger partial charge >= 0.3 is 0 Å². The Morgan fingerprint density at radius 1 is 1.40 bits per heavy atom. The van der Waals surface area contributed by atoms with Gasteiger partial charge in [0.2, 0.25) is 0 Å². The van der Waals surface area contributed by atoms with Crippen molar-refractivity contribution < 1.29 is 14.6 Å². The fraction of sp³-hybridized carbons (Fsp3) is 0.600. The largest absolute Gasteiger partial charge is 0.507 e. The molecular formula is C15H24N2O3. The number of hydrogen-bond donors (Lipinski definition) is 2. The number of nitrogens with zero attached hydrogens (tertiary/aromatic N) is 1. The number of morpholine rings is 1. The van der Waals surface area contributed by atoms with Crippen LogP contribution in [0.25, 0.3) is 0 Å². The van der Waals surface area contributed by atoms with Crippen LogP contribution in [0.2, 0.25) is 0 Å². The van der Waals surface area contributed by atoms with Crippen LogP contribution >= 0.6 is 0 Å². The van der Waals surface area contributed by atoms with Crippen LogP contribution in [0.5, 0.6) is 11.5 Å². The predicted molar refractivity (Wildman–Crippen MR) is 78.3 cm³/mol. The quantitative estimate of drug-likeness (QED) is 0.824. The first-order valence-corrected chi connectivity index (χ1v) is 7.11. The molecule has 0 radical (unpaired) electrons. The van der Waals surface area contributed by atoms with E-state index < -0.39 is 0 Å². The summed E-state index contributed by atoms with van der Waals surface area (Å²) in [6.07, 6.45) is 0. The summed E-state index contributed by atoms with van der Waals surface area (Å²) in [5.74, 6) is 0.947. The first-order chi connectivity index (χ1) is 9.70. The molecule has 1 aromatic rings. The number of hydrogen-bond acceptors (Lipinski definition) is 5. The van der Waals surface area contributed by atoms with Crippen LogP contribution in [0.1, 0.15) is 18.5 Å². The van der Waals surface area contributed by atoms with E-state index in [9.17, 15) is 5.11 Å². The van der Waals surface area contributed by atoms with Crippen molar-refractivity contribution in [3.8, 4) is 11.5 Å². The highest BCUT2D eigenvalue weighted by atomic mass is 16.5. The van der Waals surface area contributed by atoms with Crippen molar-refractivity contribution in [2.45, 2.75) is 13.0 Å². The molecule has 1 heterocycles. The summed E-state index contributed by atoms with van der Waals surface area (Å²) in [7, 11) is 1.60. The molecule has 0 bridgehead atoms. The average Bonchev–Trinajstić information content (AvgIpc) is 2.48. The first kappa shape index (κ1) is 15.1. The smallest absolute Gasteiger partial charge is 0.124 e. The summed E-state index contributed by atoms with van der Waals surface area (Å²) in [4.78, 5) is 2.39. The van der Waals surface area contributed by atoms with Crippen molar-refractivity contribution in [1.82, 2.24) is 10.2 Å². The van der Waals surface area contributed by atoms with Crippen LogP contribution in [-0.4, -0.2) is 56.5 Å². The lowest BCUT2D eigenvalue weighted by atomic mass is 10.1. The zero-order chi connectivity index (χ0) is 14.4. The predicted octanol–water partition coefficient (Wildman–Crippen LogP) is 1.38. The minimum atomic E-state index is 0.113. The third-order valence-electron chi connectivity index (χ3n) is 3.69. The SMILES string of the molecule is COc1ccc(C(C)NCCN2CCOCC2)c(O)c1. The standard InChI is InChI=1S/C15H24N2O3/c1-12(14-4-3-13(19-2)11-15(14)18)16-5-6-17-7-9-20-10-8-17/h3-4,11-12,16,18H,5-10H2,1-2H3. The van der Waals surface area contributed by atoms with Crippen LogP contribution in [0, 0.1) is 0 Å². The van der Waals surface area contributed by atoms with Gasteiger partial charge in [0, 0.05) is 43.9 Å². The van der Waals surface area contributed by atoms with Crippen molar-refractivity contribution in [2.75, 3.05) is 46.5 Å². The second-order valence-electron chi connectivity index (χ2n) is 5.05. The van der Waals surface area contributed by atoms with Gasteiger partial charge in [0.05, 0.1) is 20.3 Å². The maximum Gasteiger partial charge on any atom is 0.124 e. The molecule has 112 valence electrons. The second-order valence-corrected chi connectivity index (χ2v) is 5.05. The molecule has 0 amide bonds. The zero-order valence-corrected chi connectivity index (χ0v) is 12.3. The molecule has 1 aliphatic heterocycles. The molecule has 1 unspecified atom stereocenters. The number of aromatic hydroxyl groups is 1. The third-order valence-corrected chi connectivity index (χ3v) is 3.69. The summed E-state index contributed by atoms with van der Waals surface area (Å²) in [5, 5.41) is 13.4. The van der Waals surface area contributed by atoms with E-state index in [1.165, 1.54) is 0 Å². The van der Waals surface area contributed by atoms with E-state index in [-0.39, 0.29) is 11.8 Å². The van der Waals surface area contributed by atoms with E-state index in [0.29, 0.717) is 5.75 Å². The molecule has 1 fully saturated rings. The first-order valence-electron chi connectivity index (χ1n) is 7.11. The van der Waals surface area contributed by atoms with E-state index in [1.54, 1.807) is 13.2 Å². The summed E-state index contributed by atoms with van der Waals surface area (Å²) < 4.78 is 10.4. The van der Waals surface area contributed by atoms with Gasteiger partial charge in [0.15, 0.2) is 0 Å².